The number of amides is 1. The number of carbonyl (C=O) groups is 1. The Balaban J connectivity index is 1.95. The van der Waals surface area contributed by atoms with Crippen LogP contribution in [0.2, 0.25) is 0 Å². The van der Waals surface area contributed by atoms with Crippen LogP contribution in [-0.2, 0) is 23.7 Å². The number of hydrogen-bond acceptors (Lipinski definition) is 13. The Morgan fingerprint density at radius 2 is 1.12 bits per heavy atom. The Kier molecular flexibility index (Phi) is 24.2. The summed E-state index contributed by atoms with van der Waals surface area (Å²) in [6.45, 7) is 2.74. The second-order valence-electron chi connectivity index (χ2n) is 14.4. The molecular formula is C37H71NO13. The third-order valence-electron chi connectivity index (χ3n) is 10.1. The van der Waals surface area contributed by atoms with Crippen LogP contribution < -0.4 is 5.32 Å². The first-order valence-electron chi connectivity index (χ1n) is 19.8. The largest absolute Gasteiger partial charge is 0.394 e. The minimum Gasteiger partial charge on any atom is -0.394 e. The highest BCUT2D eigenvalue weighted by atomic mass is 16.7. The van der Waals surface area contributed by atoms with Crippen LogP contribution in [0, 0.1) is 0 Å². The first kappa shape index (κ1) is 46.1. The van der Waals surface area contributed by atoms with Crippen molar-refractivity contribution in [1.82, 2.24) is 5.32 Å². The third-order valence-corrected chi connectivity index (χ3v) is 10.1. The highest BCUT2D eigenvalue weighted by molar-refractivity contribution is 5.76. The highest BCUT2D eigenvalue weighted by Crippen LogP contribution is 2.30. The zero-order chi connectivity index (χ0) is 37.6. The summed E-state index contributed by atoms with van der Waals surface area (Å²) < 4.78 is 22.5. The van der Waals surface area contributed by atoms with Gasteiger partial charge in [0.15, 0.2) is 12.6 Å². The summed E-state index contributed by atoms with van der Waals surface area (Å²) in [5, 5.41) is 86.0. The van der Waals surface area contributed by atoms with Crippen molar-refractivity contribution in [3.8, 4) is 0 Å². The lowest BCUT2D eigenvalue weighted by Gasteiger charge is -2.46. The van der Waals surface area contributed by atoms with Gasteiger partial charge in [-0.1, -0.05) is 117 Å². The molecule has 0 bridgehead atoms. The molecule has 0 radical (unpaired) electrons. The molecule has 14 heteroatoms. The maximum absolute atomic E-state index is 12.9. The smallest absolute Gasteiger partial charge is 0.220 e. The minimum absolute atomic E-state index is 0.217. The number of aliphatic hydroxyl groups excluding tert-OH is 8. The van der Waals surface area contributed by atoms with Gasteiger partial charge in [-0.05, 0) is 12.8 Å². The molecule has 2 saturated heterocycles. The normalized spacial score (nSPS) is 31.0. The molecule has 2 rings (SSSR count). The molecule has 2 aliphatic heterocycles. The third kappa shape index (κ3) is 16.5. The first-order valence-corrected chi connectivity index (χ1v) is 19.8. The van der Waals surface area contributed by atoms with E-state index in [1.54, 1.807) is 0 Å². The van der Waals surface area contributed by atoms with E-state index in [2.05, 4.69) is 19.2 Å². The Labute approximate surface area is 304 Å². The maximum atomic E-state index is 12.9. The average molecular weight is 738 g/mol. The van der Waals surface area contributed by atoms with Gasteiger partial charge < -0.3 is 65.1 Å². The van der Waals surface area contributed by atoms with Crippen LogP contribution in [0.5, 0.6) is 0 Å². The van der Waals surface area contributed by atoms with E-state index in [1.807, 2.05) is 0 Å². The SMILES string of the molecule is CCCCCCCCCCCC[C@@H](O)[C@H](CO[C@@H]1O[C@H](CO)[C@@H](O[C@@H]2O[C@H](CO)[C@H](O)C(O)C2O)C(O)C1O)NC(=O)CCCCCCCCC. The van der Waals surface area contributed by atoms with E-state index in [0.717, 1.165) is 51.4 Å². The number of carbonyl (C=O) groups excluding carboxylic acids is 1. The molecule has 0 spiro atoms. The van der Waals surface area contributed by atoms with Gasteiger partial charge in [-0.15, -0.1) is 0 Å². The van der Waals surface area contributed by atoms with E-state index in [9.17, 15) is 45.6 Å². The van der Waals surface area contributed by atoms with E-state index < -0.39 is 86.8 Å². The Bertz CT molecular complexity index is 883. The summed E-state index contributed by atoms with van der Waals surface area (Å²) in [7, 11) is 0. The van der Waals surface area contributed by atoms with Crippen molar-refractivity contribution in [1.29, 1.82) is 0 Å². The lowest BCUT2D eigenvalue weighted by Crippen LogP contribution is -2.65. The number of nitrogens with one attached hydrogen (secondary N) is 1. The Hall–Kier alpha value is -1.01. The molecule has 9 N–H and O–H groups in total. The van der Waals surface area contributed by atoms with Crippen molar-refractivity contribution in [3.05, 3.63) is 0 Å². The zero-order valence-electron chi connectivity index (χ0n) is 31.1. The lowest BCUT2D eigenvalue weighted by molar-refractivity contribution is -0.359. The fraction of sp³-hybridized carbons (Fsp3) is 0.973. The molecule has 2 aliphatic rings. The van der Waals surface area contributed by atoms with Crippen LogP contribution in [0.1, 0.15) is 136 Å². The molecule has 302 valence electrons. The molecule has 1 amide bonds. The van der Waals surface area contributed by atoms with Gasteiger partial charge in [0.05, 0.1) is 32.0 Å². The quantitative estimate of drug-likeness (QED) is 0.0524. The summed E-state index contributed by atoms with van der Waals surface area (Å²) in [6, 6.07) is -0.816. The van der Waals surface area contributed by atoms with Crippen molar-refractivity contribution >= 4 is 5.91 Å². The average Bonchev–Trinajstić information content (AvgIpc) is 3.12. The number of aliphatic hydroxyl groups is 8. The molecule has 4 unspecified atom stereocenters. The molecular weight excluding hydrogens is 666 g/mol. The van der Waals surface area contributed by atoms with Gasteiger partial charge >= 0.3 is 0 Å². The fourth-order valence-electron chi connectivity index (χ4n) is 6.70. The second-order valence-corrected chi connectivity index (χ2v) is 14.4. The first-order chi connectivity index (χ1) is 24.6. The van der Waals surface area contributed by atoms with Gasteiger partial charge in [-0.2, -0.15) is 0 Å². The number of ether oxygens (including phenoxy) is 4. The number of hydrogen-bond donors (Lipinski definition) is 9. The lowest BCUT2D eigenvalue weighted by atomic mass is 9.97. The van der Waals surface area contributed by atoms with Crippen LogP contribution in [0.3, 0.4) is 0 Å². The van der Waals surface area contributed by atoms with E-state index in [0.29, 0.717) is 12.8 Å². The Morgan fingerprint density at radius 3 is 1.67 bits per heavy atom. The summed E-state index contributed by atoms with van der Waals surface area (Å²) in [5.41, 5.74) is 0. The molecule has 2 fully saturated rings. The molecule has 0 aromatic rings. The monoisotopic (exact) mass is 737 g/mol. The van der Waals surface area contributed by atoms with E-state index in [-0.39, 0.29) is 12.5 Å². The molecule has 2 heterocycles. The molecule has 0 aliphatic carbocycles. The fourth-order valence-corrected chi connectivity index (χ4v) is 6.70. The summed E-state index contributed by atoms with van der Waals surface area (Å²) in [4.78, 5) is 12.9. The second kappa shape index (κ2) is 26.7. The van der Waals surface area contributed by atoms with Crippen molar-refractivity contribution in [2.75, 3.05) is 19.8 Å². The van der Waals surface area contributed by atoms with E-state index >= 15 is 0 Å². The van der Waals surface area contributed by atoms with Gasteiger partial charge in [0.2, 0.25) is 5.91 Å². The van der Waals surface area contributed by atoms with Crippen LogP contribution in [-0.4, -0.2) is 140 Å². The van der Waals surface area contributed by atoms with Crippen LogP contribution in [0.25, 0.3) is 0 Å². The Morgan fingerprint density at radius 1 is 0.627 bits per heavy atom. The zero-order valence-corrected chi connectivity index (χ0v) is 31.1. The topological polar surface area (TPSA) is 228 Å². The number of unbranched alkanes of at least 4 members (excludes halogenated alkanes) is 15. The predicted molar refractivity (Wildman–Crippen MR) is 189 cm³/mol. The van der Waals surface area contributed by atoms with Gasteiger partial charge in [0.25, 0.3) is 0 Å². The molecule has 0 saturated carbocycles. The van der Waals surface area contributed by atoms with Gasteiger partial charge in [-0.25, -0.2) is 0 Å². The molecule has 14 nitrogen and oxygen atoms in total. The van der Waals surface area contributed by atoms with Crippen LogP contribution in [0.4, 0.5) is 0 Å². The molecule has 51 heavy (non-hydrogen) atoms. The molecule has 0 aromatic heterocycles. The van der Waals surface area contributed by atoms with Crippen molar-refractivity contribution in [2.45, 2.75) is 209 Å². The molecule has 12 atom stereocenters. The maximum Gasteiger partial charge on any atom is 0.220 e. The predicted octanol–water partition coefficient (Wildman–Crippen LogP) is 1.92. The van der Waals surface area contributed by atoms with Crippen LogP contribution in [0.15, 0.2) is 0 Å². The van der Waals surface area contributed by atoms with Gasteiger partial charge in [-0.3, -0.25) is 4.79 Å². The summed E-state index contributed by atoms with van der Waals surface area (Å²) in [5.74, 6) is -0.217. The van der Waals surface area contributed by atoms with Crippen LogP contribution >= 0.6 is 0 Å². The molecule has 0 aromatic carbocycles. The van der Waals surface area contributed by atoms with Gasteiger partial charge in [0.1, 0.15) is 48.8 Å². The van der Waals surface area contributed by atoms with Crippen molar-refractivity contribution < 1.29 is 64.6 Å². The summed E-state index contributed by atoms with van der Waals surface area (Å²) in [6.07, 6.45) is 3.00. The van der Waals surface area contributed by atoms with Crippen molar-refractivity contribution in [3.63, 3.8) is 0 Å². The minimum atomic E-state index is -1.78. The van der Waals surface area contributed by atoms with Crippen molar-refractivity contribution in [2.24, 2.45) is 0 Å². The summed E-state index contributed by atoms with van der Waals surface area (Å²) >= 11 is 0. The van der Waals surface area contributed by atoms with E-state index in [4.69, 9.17) is 18.9 Å². The standard InChI is InChI=1S/C37H71NO13/c1-3-5-7-9-11-12-13-15-16-18-20-26(41)25(38-29(42)21-19-17-14-10-8-6-4-2)24-48-36-34(47)32(45)35(28(23-40)50-36)51-37-33(46)31(44)30(43)27(22-39)49-37/h25-28,30-37,39-41,43-47H,3-24H2,1-2H3,(H,38,42)/t25-,26+,27+,28+,30-,31?,32?,33?,34?,35+,36+,37-/m0/s1. The van der Waals surface area contributed by atoms with Gasteiger partial charge in [0, 0.05) is 6.42 Å². The van der Waals surface area contributed by atoms with E-state index in [1.165, 1.54) is 57.8 Å². The number of rotatable bonds is 28. The highest BCUT2D eigenvalue weighted by Gasteiger charge is 2.50.